The van der Waals surface area contributed by atoms with Gasteiger partial charge in [-0.1, -0.05) is 12.1 Å². The zero-order valence-corrected chi connectivity index (χ0v) is 15.8. The molecule has 2 aromatic heterocycles. The highest BCUT2D eigenvalue weighted by Gasteiger charge is 2.27. The van der Waals surface area contributed by atoms with Crippen molar-refractivity contribution in [2.45, 2.75) is 31.7 Å². The minimum atomic E-state index is 0.0999. The molecule has 0 spiro atoms. The zero-order chi connectivity index (χ0) is 18.6. The van der Waals surface area contributed by atoms with Gasteiger partial charge in [-0.15, -0.1) is 11.3 Å². The third-order valence-corrected chi connectivity index (χ3v) is 5.60. The van der Waals surface area contributed by atoms with Gasteiger partial charge < -0.3 is 14.6 Å². The Hall–Kier alpha value is -2.67. The third kappa shape index (κ3) is 4.19. The van der Waals surface area contributed by atoms with Crippen molar-refractivity contribution in [1.29, 1.82) is 0 Å². The first-order valence-electron chi connectivity index (χ1n) is 9.13. The molecule has 1 atom stereocenters. The Morgan fingerprint density at radius 1 is 1.33 bits per heavy atom. The summed E-state index contributed by atoms with van der Waals surface area (Å²) in [6, 6.07) is 6.92. The molecular weight excluding hydrogens is 360 g/mol. The summed E-state index contributed by atoms with van der Waals surface area (Å²) >= 11 is 1.59. The molecule has 0 saturated carbocycles. The SMILES string of the molecule is O=C(Cc1cccc(O)c1)N1CCCC(c2nccn2Cc2cscn2)C1. The van der Waals surface area contributed by atoms with Crippen LogP contribution >= 0.6 is 11.3 Å². The first kappa shape index (κ1) is 17.7. The summed E-state index contributed by atoms with van der Waals surface area (Å²) in [5.74, 6) is 1.56. The minimum Gasteiger partial charge on any atom is -0.508 e. The second-order valence-corrected chi connectivity index (χ2v) is 7.64. The topological polar surface area (TPSA) is 71.2 Å². The number of rotatable bonds is 5. The highest BCUT2D eigenvalue weighted by molar-refractivity contribution is 7.07. The van der Waals surface area contributed by atoms with Gasteiger partial charge in [0.15, 0.2) is 0 Å². The number of benzene rings is 1. The van der Waals surface area contributed by atoms with Crippen molar-refractivity contribution in [2.75, 3.05) is 13.1 Å². The van der Waals surface area contributed by atoms with E-state index < -0.39 is 0 Å². The van der Waals surface area contributed by atoms with Crippen molar-refractivity contribution >= 4 is 17.2 Å². The molecule has 0 radical (unpaired) electrons. The summed E-state index contributed by atoms with van der Waals surface area (Å²) < 4.78 is 2.14. The summed E-state index contributed by atoms with van der Waals surface area (Å²) in [5, 5.41) is 11.7. The van der Waals surface area contributed by atoms with Gasteiger partial charge in [-0.25, -0.2) is 9.97 Å². The molecule has 1 aliphatic rings. The van der Waals surface area contributed by atoms with Crippen LogP contribution in [0.5, 0.6) is 5.75 Å². The standard InChI is InChI=1S/C20H22N4O2S/c25-18-5-1-3-15(9-18)10-19(26)23-7-2-4-16(11-23)20-21-6-8-24(20)12-17-13-27-14-22-17/h1,3,5-6,8-9,13-14,16,25H,2,4,7,10-12H2. The third-order valence-electron chi connectivity index (χ3n) is 4.97. The monoisotopic (exact) mass is 382 g/mol. The van der Waals surface area contributed by atoms with E-state index in [0.717, 1.165) is 36.5 Å². The predicted octanol–water partition coefficient (Wildman–Crippen LogP) is 3.04. The second-order valence-electron chi connectivity index (χ2n) is 6.92. The number of hydrogen-bond acceptors (Lipinski definition) is 5. The van der Waals surface area contributed by atoms with Crippen molar-refractivity contribution in [3.63, 3.8) is 0 Å². The lowest BCUT2D eigenvalue weighted by Crippen LogP contribution is -2.40. The summed E-state index contributed by atoms with van der Waals surface area (Å²) in [5.41, 5.74) is 3.72. The molecule has 1 fully saturated rings. The van der Waals surface area contributed by atoms with Crippen LogP contribution in [-0.2, 0) is 17.8 Å². The molecule has 1 aromatic carbocycles. The number of carbonyl (C=O) groups is 1. The second kappa shape index (κ2) is 7.92. The smallest absolute Gasteiger partial charge is 0.227 e. The van der Waals surface area contributed by atoms with Crippen LogP contribution in [0, 0.1) is 0 Å². The molecule has 3 heterocycles. The number of thiazole rings is 1. The van der Waals surface area contributed by atoms with E-state index in [9.17, 15) is 9.90 Å². The van der Waals surface area contributed by atoms with E-state index in [1.807, 2.05) is 28.9 Å². The quantitative estimate of drug-likeness (QED) is 0.736. The predicted molar refractivity (Wildman–Crippen MR) is 104 cm³/mol. The van der Waals surface area contributed by atoms with Crippen molar-refractivity contribution < 1.29 is 9.90 Å². The number of aromatic hydroxyl groups is 1. The van der Waals surface area contributed by atoms with Crippen molar-refractivity contribution in [3.8, 4) is 5.75 Å². The van der Waals surface area contributed by atoms with Crippen LogP contribution in [0.15, 0.2) is 47.5 Å². The number of aromatic nitrogens is 3. The van der Waals surface area contributed by atoms with Crippen molar-refractivity contribution in [1.82, 2.24) is 19.4 Å². The zero-order valence-electron chi connectivity index (χ0n) is 15.0. The number of imidazole rings is 1. The fourth-order valence-electron chi connectivity index (χ4n) is 3.67. The molecule has 1 N–H and O–H groups in total. The minimum absolute atomic E-state index is 0.0999. The van der Waals surface area contributed by atoms with Crippen LogP contribution in [0.1, 0.15) is 35.8 Å². The molecule has 7 heteroatoms. The molecule has 0 bridgehead atoms. The van der Waals surface area contributed by atoms with Gasteiger partial charge in [-0.3, -0.25) is 4.79 Å². The molecule has 140 valence electrons. The van der Waals surface area contributed by atoms with E-state index >= 15 is 0 Å². The normalized spacial score (nSPS) is 17.2. The molecule has 4 rings (SSSR count). The summed E-state index contributed by atoms with van der Waals surface area (Å²) in [7, 11) is 0. The highest BCUT2D eigenvalue weighted by atomic mass is 32.1. The van der Waals surface area contributed by atoms with Crippen molar-refractivity contribution in [3.05, 3.63) is 64.6 Å². The van der Waals surface area contributed by atoms with E-state index in [-0.39, 0.29) is 17.6 Å². The first-order valence-corrected chi connectivity index (χ1v) is 10.1. The summed E-state index contributed by atoms with van der Waals surface area (Å²) in [6.07, 6.45) is 6.13. The average molecular weight is 382 g/mol. The number of amides is 1. The largest absolute Gasteiger partial charge is 0.508 e. The van der Waals surface area contributed by atoms with Crippen molar-refractivity contribution in [2.24, 2.45) is 0 Å². The van der Waals surface area contributed by atoms with E-state index in [0.29, 0.717) is 19.5 Å². The maximum absolute atomic E-state index is 12.7. The first-order chi connectivity index (χ1) is 13.2. The highest BCUT2D eigenvalue weighted by Crippen LogP contribution is 2.27. The van der Waals surface area contributed by atoms with Gasteiger partial charge in [0, 0.05) is 36.8 Å². The van der Waals surface area contributed by atoms with E-state index in [1.165, 1.54) is 0 Å². The fraction of sp³-hybridized carbons (Fsp3) is 0.350. The Bertz CT molecular complexity index is 906. The van der Waals surface area contributed by atoms with Gasteiger partial charge >= 0.3 is 0 Å². The van der Waals surface area contributed by atoms with Crippen LogP contribution in [0.2, 0.25) is 0 Å². The Kier molecular flexibility index (Phi) is 5.20. The Morgan fingerprint density at radius 2 is 2.26 bits per heavy atom. The van der Waals surface area contributed by atoms with Gasteiger partial charge in [0.2, 0.25) is 5.91 Å². The Labute approximate surface area is 162 Å². The molecule has 6 nitrogen and oxygen atoms in total. The van der Waals surface area contributed by atoms with E-state index in [1.54, 1.807) is 29.5 Å². The molecule has 0 aliphatic carbocycles. The molecule has 3 aromatic rings. The number of carbonyl (C=O) groups excluding carboxylic acids is 1. The number of phenolic OH excluding ortho intramolecular Hbond substituents is 1. The van der Waals surface area contributed by atoms with Gasteiger partial charge in [0.25, 0.3) is 0 Å². The van der Waals surface area contributed by atoms with Crippen LogP contribution in [0.25, 0.3) is 0 Å². The van der Waals surface area contributed by atoms with Gasteiger partial charge in [-0.2, -0.15) is 0 Å². The van der Waals surface area contributed by atoms with E-state index in [4.69, 9.17) is 0 Å². The molecule has 1 unspecified atom stereocenters. The molecular formula is C20H22N4O2S. The maximum atomic E-state index is 12.7. The van der Waals surface area contributed by atoms with Gasteiger partial charge in [0.1, 0.15) is 11.6 Å². The van der Waals surface area contributed by atoms with Crippen LogP contribution in [0.3, 0.4) is 0 Å². The van der Waals surface area contributed by atoms with Gasteiger partial charge in [0.05, 0.1) is 24.2 Å². The average Bonchev–Trinajstić information content (AvgIpc) is 3.34. The Morgan fingerprint density at radius 3 is 3.07 bits per heavy atom. The van der Waals surface area contributed by atoms with E-state index in [2.05, 4.69) is 19.9 Å². The molecule has 1 amide bonds. The molecule has 1 aliphatic heterocycles. The maximum Gasteiger partial charge on any atom is 0.227 e. The number of likely N-dealkylation sites (tertiary alicyclic amines) is 1. The Balaban J connectivity index is 1.44. The summed E-state index contributed by atoms with van der Waals surface area (Å²) in [4.78, 5) is 23.6. The van der Waals surface area contributed by atoms with Crippen LogP contribution in [-0.4, -0.2) is 43.5 Å². The lowest BCUT2D eigenvalue weighted by molar-refractivity contribution is -0.131. The fourth-order valence-corrected chi connectivity index (χ4v) is 4.22. The number of piperidine rings is 1. The molecule has 27 heavy (non-hydrogen) atoms. The number of phenols is 1. The number of hydrogen-bond donors (Lipinski definition) is 1. The molecule has 1 saturated heterocycles. The van der Waals surface area contributed by atoms with Crippen LogP contribution in [0.4, 0.5) is 0 Å². The lowest BCUT2D eigenvalue weighted by Gasteiger charge is -2.32. The lowest BCUT2D eigenvalue weighted by atomic mass is 9.96. The summed E-state index contributed by atoms with van der Waals surface area (Å²) in [6.45, 7) is 2.18. The number of nitrogens with zero attached hydrogens (tertiary/aromatic N) is 4. The van der Waals surface area contributed by atoms with Gasteiger partial charge in [-0.05, 0) is 30.5 Å². The van der Waals surface area contributed by atoms with Crippen LogP contribution < -0.4 is 0 Å².